The summed E-state index contributed by atoms with van der Waals surface area (Å²) in [5.74, 6) is -5.16. The Morgan fingerprint density at radius 3 is 2.48 bits per heavy atom. The monoisotopic (exact) mass is 358 g/mol. The predicted octanol–water partition coefficient (Wildman–Crippen LogP) is 1.76. The quantitative estimate of drug-likeness (QED) is 0.752. The minimum Gasteiger partial charge on any atom is -0.508 e. The first-order chi connectivity index (χ1) is 11.7. The number of hydrogen-bond acceptors (Lipinski definition) is 3. The zero-order chi connectivity index (χ0) is 18.4. The van der Waals surface area contributed by atoms with Crippen LogP contribution in [-0.2, 0) is 17.6 Å². The van der Waals surface area contributed by atoms with Crippen molar-refractivity contribution in [3.63, 3.8) is 0 Å². The smallest absolute Gasteiger partial charge is 0.394 e. The fraction of sp³-hybridized carbons (Fsp3) is 0.500. The molecule has 1 aliphatic carbocycles. The second kappa shape index (κ2) is 6.12. The number of nitrogens with one attached hydrogen (secondary N) is 1. The number of urea groups is 1. The van der Waals surface area contributed by atoms with Crippen molar-refractivity contribution in [2.45, 2.75) is 25.1 Å². The normalized spacial score (nSPS) is 25.7. The Bertz CT molecular complexity index is 707. The molecule has 1 aromatic rings. The number of alkyl halides is 3. The van der Waals surface area contributed by atoms with E-state index in [1.807, 2.05) is 6.07 Å². The molecule has 1 saturated heterocycles. The number of likely N-dealkylation sites (tertiary alicyclic amines) is 1. The van der Waals surface area contributed by atoms with Crippen molar-refractivity contribution in [1.82, 2.24) is 10.2 Å². The summed E-state index contributed by atoms with van der Waals surface area (Å²) in [6.07, 6.45) is -3.82. The maximum atomic E-state index is 13.0. The van der Waals surface area contributed by atoms with Gasteiger partial charge in [0.2, 0.25) is 0 Å². The van der Waals surface area contributed by atoms with Gasteiger partial charge in [-0.15, -0.1) is 0 Å². The van der Waals surface area contributed by atoms with Crippen molar-refractivity contribution in [3.05, 3.63) is 29.3 Å². The lowest BCUT2D eigenvalue weighted by Crippen LogP contribution is -2.44. The van der Waals surface area contributed by atoms with Gasteiger partial charge in [0.1, 0.15) is 5.75 Å². The van der Waals surface area contributed by atoms with Crippen LogP contribution in [0.1, 0.15) is 11.1 Å². The summed E-state index contributed by atoms with van der Waals surface area (Å²) in [7, 11) is 0. The summed E-state index contributed by atoms with van der Waals surface area (Å²) >= 11 is 0. The molecule has 2 aliphatic rings. The summed E-state index contributed by atoms with van der Waals surface area (Å²) in [5, 5.41) is 21.4. The van der Waals surface area contributed by atoms with Crippen molar-refractivity contribution in [3.8, 4) is 5.75 Å². The number of halogens is 3. The first-order valence-electron chi connectivity index (χ1n) is 7.81. The third-order valence-corrected chi connectivity index (χ3v) is 4.84. The van der Waals surface area contributed by atoms with Gasteiger partial charge in [-0.05, 0) is 30.0 Å². The van der Waals surface area contributed by atoms with Gasteiger partial charge in [-0.1, -0.05) is 12.1 Å². The highest BCUT2D eigenvalue weighted by molar-refractivity contribution is 5.78. The van der Waals surface area contributed by atoms with Gasteiger partial charge in [0.25, 0.3) is 0 Å². The predicted molar refractivity (Wildman–Crippen MR) is 80.1 cm³/mol. The molecule has 0 radical (unpaired) electrons. The molecule has 1 aliphatic heterocycles. The van der Waals surface area contributed by atoms with Gasteiger partial charge in [0.05, 0.1) is 11.8 Å². The molecular formula is C16H17F3N2O4. The van der Waals surface area contributed by atoms with E-state index in [9.17, 15) is 27.9 Å². The topological polar surface area (TPSA) is 89.9 Å². The first kappa shape index (κ1) is 17.4. The van der Waals surface area contributed by atoms with E-state index in [1.165, 1.54) is 6.07 Å². The molecule has 136 valence electrons. The Morgan fingerprint density at radius 2 is 1.92 bits per heavy atom. The number of fused-ring (bicyclic) bond motifs is 1. The number of benzene rings is 1. The van der Waals surface area contributed by atoms with Crippen LogP contribution >= 0.6 is 0 Å². The molecule has 6 nitrogen and oxygen atoms in total. The largest absolute Gasteiger partial charge is 0.508 e. The molecule has 1 unspecified atom stereocenters. The zero-order valence-electron chi connectivity index (χ0n) is 13.1. The fourth-order valence-electron chi connectivity index (χ4n) is 3.55. The van der Waals surface area contributed by atoms with E-state index in [2.05, 4.69) is 5.32 Å². The van der Waals surface area contributed by atoms with Crippen LogP contribution in [0.3, 0.4) is 0 Å². The average Bonchev–Trinajstić information content (AvgIpc) is 3.11. The van der Waals surface area contributed by atoms with Gasteiger partial charge in [-0.25, -0.2) is 4.79 Å². The lowest BCUT2D eigenvalue weighted by molar-refractivity contribution is -0.187. The van der Waals surface area contributed by atoms with E-state index in [0.29, 0.717) is 18.4 Å². The Morgan fingerprint density at radius 1 is 1.20 bits per heavy atom. The van der Waals surface area contributed by atoms with Gasteiger partial charge < -0.3 is 20.4 Å². The minimum absolute atomic E-state index is 0.124. The molecule has 1 fully saturated rings. The van der Waals surface area contributed by atoms with E-state index in [0.717, 1.165) is 10.5 Å². The van der Waals surface area contributed by atoms with Crippen LogP contribution in [0, 0.1) is 11.8 Å². The van der Waals surface area contributed by atoms with E-state index >= 15 is 0 Å². The highest BCUT2D eigenvalue weighted by atomic mass is 19.4. The molecule has 3 atom stereocenters. The van der Waals surface area contributed by atoms with Crippen LogP contribution in [0.2, 0.25) is 0 Å². The van der Waals surface area contributed by atoms with Crippen molar-refractivity contribution in [2.24, 2.45) is 11.8 Å². The summed E-state index contributed by atoms with van der Waals surface area (Å²) < 4.78 is 39.0. The molecule has 0 spiro atoms. The van der Waals surface area contributed by atoms with Crippen molar-refractivity contribution >= 4 is 12.0 Å². The number of carbonyl (C=O) groups excluding carboxylic acids is 1. The Labute approximate surface area is 141 Å². The number of hydrogen-bond donors (Lipinski definition) is 3. The number of carboxylic acids is 1. The molecule has 3 rings (SSSR count). The molecule has 0 bridgehead atoms. The molecule has 0 saturated carbocycles. The number of phenolic OH excluding ortho intramolecular Hbond substituents is 1. The standard InChI is InChI=1S/C16H17F3N2O4/c17-16(18,19)12-7-21(6-11(12)14(23)24)15(25)20-9-4-8-2-1-3-13(22)10(8)5-9/h1-3,9,11-12,22H,4-7H2,(H,20,25)(H,23,24)/t9?,11-,12-/m1/s1. The number of nitrogens with zero attached hydrogens (tertiary/aromatic N) is 1. The second-order valence-electron chi connectivity index (χ2n) is 6.47. The number of aliphatic carboxylic acids is 1. The molecule has 2 amide bonds. The van der Waals surface area contributed by atoms with Crippen molar-refractivity contribution in [1.29, 1.82) is 0 Å². The number of carbonyl (C=O) groups is 2. The maximum Gasteiger partial charge on any atom is 0.394 e. The summed E-state index contributed by atoms with van der Waals surface area (Å²) in [6.45, 7) is -1.15. The molecule has 1 aromatic carbocycles. The van der Waals surface area contributed by atoms with Crippen LogP contribution in [0.25, 0.3) is 0 Å². The second-order valence-corrected chi connectivity index (χ2v) is 6.47. The van der Waals surface area contributed by atoms with Gasteiger partial charge >= 0.3 is 18.2 Å². The molecule has 25 heavy (non-hydrogen) atoms. The van der Waals surface area contributed by atoms with E-state index in [1.54, 1.807) is 6.07 Å². The summed E-state index contributed by atoms with van der Waals surface area (Å²) in [4.78, 5) is 24.2. The number of amides is 2. The Hall–Kier alpha value is -2.45. The lowest BCUT2D eigenvalue weighted by Gasteiger charge is -2.21. The minimum atomic E-state index is -4.67. The Kier molecular flexibility index (Phi) is 4.26. The molecule has 3 N–H and O–H groups in total. The summed E-state index contributed by atoms with van der Waals surface area (Å²) in [5.41, 5.74) is 1.59. The lowest BCUT2D eigenvalue weighted by atomic mass is 9.96. The van der Waals surface area contributed by atoms with Gasteiger partial charge in [-0.3, -0.25) is 4.79 Å². The van der Waals surface area contributed by atoms with Crippen LogP contribution in [-0.4, -0.2) is 52.4 Å². The highest BCUT2D eigenvalue weighted by Crippen LogP contribution is 2.38. The number of aromatic hydroxyl groups is 1. The zero-order valence-corrected chi connectivity index (χ0v) is 13.1. The Balaban J connectivity index is 1.65. The van der Waals surface area contributed by atoms with Crippen LogP contribution in [0.4, 0.5) is 18.0 Å². The fourth-order valence-corrected chi connectivity index (χ4v) is 3.55. The number of carboxylic acid groups (broad SMARTS) is 1. The number of phenols is 1. The van der Waals surface area contributed by atoms with Gasteiger partial charge in [0.15, 0.2) is 0 Å². The molecule has 0 aromatic heterocycles. The highest BCUT2D eigenvalue weighted by Gasteiger charge is 2.53. The van der Waals surface area contributed by atoms with Crippen LogP contribution < -0.4 is 5.32 Å². The van der Waals surface area contributed by atoms with Gasteiger partial charge in [0, 0.05) is 19.1 Å². The third kappa shape index (κ3) is 3.35. The first-order valence-corrected chi connectivity index (χ1v) is 7.81. The van der Waals surface area contributed by atoms with E-state index in [4.69, 9.17) is 5.11 Å². The third-order valence-electron chi connectivity index (χ3n) is 4.84. The van der Waals surface area contributed by atoms with E-state index < -0.39 is 43.1 Å². The molecule has 1 heterocycles. The van der Waals surface area contributed by atoms with Crippen molar-refractivity contribution in [2.75, 3.05) is 13.1 Å². The number of rotatable bonds is 2. The average molecular weight is 358 g/mol. The van der Waals surface area contributed by atoms with Crippen LogP contribution in [0.5, 0.6) is 5.75 Å². The maximum absolute atomic E-state index is 13.0. The summed E-state index contributed by atoms with van der Waals surface area (Å²) in [6, 6.07) is 3.98. The van der Waals surface area contributed by atoms with Crippen molar-refractivity contribution < 1.29 is 33.0 Å². The SMILES string of the molecule is O=C(O)[C@@H]1CN(C(=O)NC2Cc3cccc(O)c3C2)C[C@H]1C(F)(F)F. The van der Waals surface area contributed by atoms with Gasteiger partial charge in [-0.2, -0.15) is 13.2 Å². The molecular weight excluding hydrogens is 341 g/mol. The molecule has 9 heteroatoms. The van der Waals surface area contributed by atoms with E-state index in [-0.39, 0.29) is 11.8 Å². The van der Waals surface area contributed by atoms with Crippen LogP contribution in [0.15, 0.2) is 18.2 Å².